The second kappa shape index (κ2) is 9.97. The van der Waals surface area contributed by atoms with Crippen molar-refractivity contribution in [1.29, 1.82) is 0 Å². The first-order valence-corrected chi connectivity index (χ1v) is 11.0. The second-order valence-corrected chi connectivity index (χ2v) is 8.26. The van der Waals surface area contributed by atoms with E-state index in [1.807, 2.05) is 22.8 Å². The largest absolute Gasteiger partial charge is 0.490 e. The number of thioether (sulfide) groups is 1. The summed E-state index contributed by atoms with van der Waals surface area (Å²) in [5.41, 5.74) is 1.03. The molecule has 1 aromatic rings. The standard InChI is InChI=1S/C20H29N3O3S/c1-16-13-21-8-5-18(16)26-17-6-11-23(12-7-17)20(25)15-27-14-19(24)22-9-3-2-4-10-22/h5,8,13,17H,2-4,6-7,9-12,14-15H2,1H3. The highest BCUT2D eigenvalue weighted by Crippen LogP contribution is 2.22. The van der Waals surface area contributed by atoms with E-state index in [0.717, 1.165) is 50.1 Å². The van der Waals surface area contributed by atoms with Gasteiger partial charge >= 0.3 is 0 Å². The van der Waals surface area contributed by atoms with E-state index in [0.29, 0.717) is 24.6 Å². The lowest BCUT2D eigenvalue weighted by Gasteiger charge is -2.32. The number of piperidine rings is 2. The van der Waals surface area contributed by atoms with Crippen molar-refractivity contribution in [3.63, 3.8) is 0 Å². The topological polar surface area (TPSA) is 62.7 Å². The number of aromatic nitrogens is 1. The smallest absolute Gasteiger partial charge is 0.232 e. The zero-order valence-corrected chi connectivity index (χ0v) is 16.9. The number of aryl methyl sites for hydroxylation is 1. The Kier molecular flexibility index (Phi) is 7.38. The lowest BCUT2D eigenvalue weighted by molar-refractivity contribution is -0.130. The molecule has 1 aromatic heterocycles. The van der Waals surface area contributed by atoms with E-state index in [-0.39, 0.29) is 17.9 Å². The van der Waals surface area contributed by atoms with E-state index < -0.39 is 0 Å². The molecule has 0 unspecified atom stereocenters. The van der Waals surface area contributed by atoms with Gasteiger partial charge in [0.25, 0.3) is 0 Å². The Bertz CT molecular complexity index is 641. The molecule has 6 nitrogen and oxygen atoms in total. The van der Waals surface area contributed by atoms with E-state index in [1.165, 1.54) is 18.2 Å². The molecule has 2 fully saturated rings. The van der Waals surface area contributed by atoms with E-state index in [4.69, 9.17) is 4.74 Å². The second-order valence-electron chi connectivity index (χ2n) is 7.27. The van der Waals surface area contributed by atoms with Crippen molar-refractivity contribution >= 4 is 23.6 Å². The SMILES string of the molecule is Cc1cnccc1OC1CCN(C(=O)CSCC(=O)N2CCCCC2)CC1. The van der Waals surface area contributed by atoms with Crippen LogP contribution >= 0.6 is 11.8 Å². The molecule has 2 aliphatic heterocycles. The zero-order valence-electron chi connectivity index (χ0n) is 16.1. The van der Waals surface area contributed by atoms with Crippen molar-refractivity contribution in [3.05, 3.63) is 24.0 Å². The number of likely N-dealkylation sites (tertiary alicyclic amines) is 2. The molecule has 0 aliphatic carbocycles. The molecule has 0 radical (unpaired) electrons. The van der Waals surface area contributed by atoms with Gasteiger partial charge in [0.1, 0.15) is 11.9 Å². The molecule has 2 amide bonds. The van der Waals surface area contributed by atoms with Crippen LogP contribution in [0.3, 0.4) is 0 Å². The molecule has 27 heavy (non-hydrogen) atoms. The van der Waals surface area contributed by atoms with E-state index in [9.17, 15) is 9.59 Å². The average Bonchev–Trinajstić information content (AvgIpc) is 2.71. The lowest BCUT2D eigenvalue weighted by atomic mass is 10.1. The first-order chi connectivity index (χ1) is 13.1. The van der Waals surface area contributed by atoms with Gasteiger partial charge in [-0.2, -0.15) is 0 Å². The summed E-state index contributed by atoms with van der Waals surface area (Å²) in [4.78, 5) is 32.5. The van der Waals surface area contributed by atoms with Gasteiger partial charge in [-0.15, -0.1) is 11.8 Å². The van der Waals surface area contributed by atoms with Gasteiger partial charge in [-0.1, -0.05) is 0 Å². The Balaban J connectivity index is 1.34. The van der Waals surface area contributed by atoms with Crippen LogP contribution in [0.2, 0.25) is 0 Å². The van der Waals surface area contributed by atoms with Crippen LogP contribution in [0, 0.1) is 6.92 Å². The van der Waals surface area contributed by atoms with Gasteiger partial charge in [0.15, 0.2) is 0 Å². The number of hydrogen-bond donors (Lipinski definition) is 0. The van der Waals surface area contributed by atoms with Gasteiger partial charge in [-0.3, -0.25) is 14.6 Å². The van der Waals surface area contributed by atoms with Crippen molar-refractivity contribution in [2.45, 2.75) is 45.1 Å². The minimum Gasteiger partial charge on any atom is -0.490 e. The monoisotopic (exact) mass is 391 g/mol. The first kappa shape index (κ1) is 20.0. The summed E-state index contributed by atoms with van der Waals surface area (Å²) in [6.07, 6.45) is 8.78. The van der Waals surface area contributed by atoms with Crippen LogP contribution in [-0.4, -0.2) is 70.4 Å². The number of carbonyl (C=O) groups excluding carboxylic acids is 2. The summed E-state index contributed by atoms with van der Waals surface area (Å²) in [5, 5.41) is 0. The van der Waals surface area contributed by atoms with Gasteiger partial charge in [-0.25, -0.2) is 0 Å². The Morgan fingerprint density at radius 2 is 1.70 bits per heavy atom. The van der Waals surface area contributed by atoms with Crippen LogP contribution < -0.4 is 4.74 Å². The summed E-state index contributed by atoms with van der Waals surface area (Å²) >= 11 is 1.44. The number of hydrogen-bond acceptors (Lipinski definition) is 5. The maximum absolute atomic E-state index is 12.4. The summed E-state index contributed by atoms with van der Waals surface area (Å²) < 4.78 is 6.06. The zero-order chi connectivity index (χ0) is 19.1. The normalized spacial score (nSPS) is 18.4. The van der Waals surface area contributed by atoms with Gasteiger partial charge in [0.2, 0.25) is 11.8 Å². The molecule has 2 saturated heterocycles. The molecule has 0 atom stereocenters. The summed E-state index contributed by atoms with van der Waals surface area (Å²) in [6, 6.07) is 1.89. The minimum atomic E-state index is 0.130. The molecule has 0 aromatic carbocycles. The minimum absolute atomic E-state index is 0.130. The van der Waals surface area contributed by atoms with Crippen molar-refractivity contribution in [2.24, 2.45) is 0 Å². The molecular weight excluding hydrogens is 362 g/mol. The number of amides is 2. The van der Waals surface area contributed by atoms with Gasteiger partial charge < -0.3 is 14.5 Å². The van der Waals surface area contributed by atoms with Crippen LogP contribution in [0.15, 0.2) is 18.5 Å². The van der Waals surface area contributed by atoms with E-state index in [2.05, 4.69) is 4.98 Å². The fraction of sp³-hybridized carbons (Fsp3) is 0.650. The van der Waals surface area contributed by atoms with E-state index in [1.54, 1.807) is 12.4 Å². The predicted octanol–water partition coefficient (Wildman–Crippen LogP) is 2.51. The quantitative estimate of drug-likeness (QED) is 0.746. The highest BCUT2D eigenvalue weighted by atomic mass is 32.2. The molecule has 3 heterocycles. The summed E-state index contributed by atoms with van der Waals surface area (Å²) in [6.45, 7) is 5.17. The van der Waals surface area contributed by atoms with Crippen LogP contribution in [0.1, 0.15) is 37.7 Å². The lowest BCUT2D eigenvalue weighted by Crippen LogP contribution is -2.43. The van der Waals surface area contributed by atoms with E-state index >= 15 is 0 Å². The molecular formula is C20H29N3O3S. The van der Waals surface area contributed by atoms with Crippen LogP contribution in [0.4, 0.5) is 0 Å². The highest BCUT2D eigenvalue weighted by Gasteiger charge is 2.24. The highest BCUT2D eigenvalue weighted by molar-refractivity contribution is 8.00. The molecule has 0 bridgehead atoms. The molecule has 0 saturated carbocycles. The van der Waals surface area contributed by atoms with Gasteiger partial charge in [0.05, 0.1) is 11.5 Å². The first-order valence-electron chi connectivity index (χ1n) is 9.84. The van der Waals surface area contributed by atoms with Crippen molar-refractivity contribution in [2.75, 3.05) is 37.7 Å². The van der Waals surface area contributed by atoms with Crippen LogP contribution in [-0.2, 0) is 9.59 Å². The van der Waals surface area contributed by atoms with Crippen LogP contribution in [0.5, 0.6) is 5.75 Å². The third-order valence-corrected chi connectivity index (χ3v) is 6.12. The molecule has 2 aliphatic rings. The van der Waals surface area contributed by atoms with Crippen molar-refractivity contribution < 1.29 is 14.3 Å². The molecule has 148 valence electrons. The summed E-state index contributed by atoms with van der Waals surface area (Å²) in [5.74, 6) is 1.97. The third-order valence-electron chi connectivity index (χ3n) is 5.22. The summed E-state index contributed by atoms with van der Waals surface area (Å²) in [7, 11) is 0. The number of pyridine rings is 1. The van der Waals surface area contributed by atoms with Crippen LogP contribution in [0.25, 0.3) is 0 Å². The maximum atomic E-state index is 12.4. The average molecular weight is 392 g/mol. The Hall–Kier alpha value is -1.76. The van der Waals surface area contributed by atoms with Gasteiger partial charge in [-0.05, 0) is 32.3 Å². The fourth-order valence-electron chi connectivity index (χ4n) is 3.55. The number of carbonyl (C=O) groups is 2. The Morgan fingerprint density at radius 3 is 2.33 bits per heavy atom. The number of ether oxygens (including phenoxy) is 1. The number of rotatable bonds is 6. The number of nitrogens with zero attached hydrogens (tertiary/aromatic N) is 3. The van der Waals surface area contributed by atoms with Gasteiger partial charge in [0, 0.05) is 57.0 Å². The molecule has 0 N–H and O–H groups in total. The Morgan fingerprint density at radius 1 is 1.07 bits per heavy atom. The third kappa shape index (κ3) is 5.86. The molecule has 3 rings (SSSR count). The Labute approximate surface area is 165 Å². The van der Waals surface area contributed by atoms with Crippen molar-refractivity contribution in [3.8, 4) is 5.75 Å². The predicted molar refractivity (Wildman–Crippen MR) is 107 cm³/mol. The maximum Gasteiger partial charge on any atom is 0.232 e. The molecule has 7 heteroatoms. The van der Waals surface area contributed by atoms with Crippen molar-refractivity contribution in [1.82, 2.24) is 14.8 Å². The fourth-order valence-corrected chi connectivity index (χ4v) is 4.36. The molecule has 0 spiro atoms.